The first-order valence-electron chi connectivity index (χ1n) is 9.14. The van der Waals surface area contributed by atoms with Crippen molar-refractivity contribution in [2.24, 2.45) is 0 Å². The van der Waals surface area contributed by atoms with Gasteiger partial charge in [-0.15, -0.1) is 0 Å². The summed E-state index contributed by atoms with van der Waals surface area (Å²) in [7, 11) is 0. The van der Waals surface area contributed by atoms with Crippen LogP contribution in [0.4, 0.5) is 5.69 Å². The van der Waals surface area contributed by atoms with E-state index in [1.54, 1.807) is 39.0 Å². The van der Waals surface area contributed by atoms with Crippen LogP contribution in [0.5, 0.6) is 5.75 Å². The number of amides is 1. The first-order chi connectivity index (χ1) is 12.3. The molecule has 142 valence electrons. The van der Waals surface area contributed by atoms with Crippen LogP contribution in [0, 0.1) is 0 Å². The van der Waals surface area contributed by atoms with Gasteiger partial charge in [0.25, 0.3) is 5.91 Å². The number of nitrogens with zero attached hydrogens (tertiary/aromatic N) is 1. The molecule has 2 rings (SSSR count). The van der Waals surface area contributed by atoms with E-state index in [0.29, 0.717) is 30.0 Å². The molecule has 0 spiro atoms. The third-order valence-corrected chi connectivity index (χ3v) is 4.32. The van der Waals surface area contributed by atoms with E-state index < -0.39 is 11.6 Å². The molecule has 26 heavy (non-hydrogen) atoms. The number of anilines is 1. The summed E-state index contributed by atoms with van der Waals surface area (Å²) in [5.41, 5.74) is -0.172. The van der Waals surface area contributed by atoms with Crippen LogP contribution in [-0.4, -0.2) is 36.4 Å². The summed E-state index contributed by atoms with van der Waals surface area (Å²) in [5, 5.41) is 0. The zero-order valence-corrected chi connectivity index (χ0v) is 16.0. The molecular weight excluding hydrogens is 334 g/mol. The van der Waals surface area contributed by atoms with Crippen LogP contribution >= 0.6 is 0 Å². The Balaban J connectivity index is 2.25. The van der Waals surface area contributed by atoms with Gasteiger partial charge in [-0.2, -0.15) is 0 Å². The van der Waals surface area contributed by atoms with Crippen LogP contribution in [0.2, 0.25) is 0 Å². The van der Waals surface area contributed by atoms with Crippen molar-refractivity contribution in [3.8, 4) is 5.75 Å². The lowest BCUT2D eigenvalue weighted by atomic mass is 10.0. The van der Waals surface area contributed by atoms with Gasteiger partial charge in [-0.05, 0) is 38.5 Å². The number of rotatable bonds is 8. The average molecular weight is 361 g/mol. The zero-order chi connectivity index (χ0) is 19.3. The van der Waals surface area contributed by atoms with E-state index in [-0.39, 0.29) is 18.2 Å². The van der Waals surface area contributed by atoms with Crippen LogP contribution in [-0.2, 0) is 14.3 Å². The Hall–Kier alpha value is -2.37. The first-order valence-corrected chi connectivity index (χ1v) is 9.14. The predicted molar refractivity (Wildman–Crippen MR) is 98.6 cm³/mol. The van der Waals surface area contributed by atoms with Crippen LogP contribution in [0.25, 0.3) is 0 Å². The molecule has 6 nitrogen and oxygen atoms in total. The molecule has 1 aromatic rings. The molecule has 0 aliphatic carbocycles. The van der Waals surface area contributed by atoms with Gasteiger partial charge in [0.2, 0.25) is 0 Å². The van der Waals surface area contributed by atoms with E-state index >= 15 is 0 Å². The lowest BCUT2D eigenvalue weighted by Crippen LogP contribution is -2.54. The molecule has 1 aromatic carbocycles. The predicted octanol–water partition coefficient (Wildman–Crippen LogP) is 3.52. The van der Waals surface area contributed by atoms with Gasteiger partial charge in [0.05, 0.1) is 12.3 Å². The van der Waals surface area contributed by atoms with Gasteiger partial charge in [-0.3, -0.25) is 19.3 Å². The minimum atomic E-state index is -1.09. The largest absolute Gasteiger partial charge is 0.476 e. The number of carbonyl (C=O) groups is 3. The SMILES string of the molecule is CCCCCOC(=O)CN1C(=O)C(C)(C)Oc2ccc(C(=O)CC)cc21. The summed E-state index contributed by atoms with van der Waals surface area (Å²) < 4.78 is 11.0. The molecule has 0 saturated carbocycles. The van der Waals surface area contributed by atoms with Gasteiger partial charge in [0.1, 0.15) is 12.3 Å². The molecule has 1 aliphatic rings. The third-order valence-electron chi connectivity index (χ3n) is 4.32. The lowest BCUT2D eigenvalue weighted by molar-refractivity contribution is -0.144. The summed E-state index contributed by atoms with van der Waals surface area (Å²) in [6.45, 7) is 7.30. The van der Waals surface area contributed by atoms with Gasteiger partial charge in [0.15, 0.2) is 11.4 Å². The highest BCUT2D eigenvalue weighted by Gasteiger charge is 2.42. The monoisotopic (exact) mass is 361 g/mol. The first kappa shape index (κ1) is 19.9. The molecule has 1 amide bonds. The van der Waals surface area contributed by atoms with Gasteiger partial charge in [-0.1, -0.05) is 26.7 Å². The number of hydrogen-bond donors (Lipinski definition) is 0. The number of carbonyl (C=O) groups excluding carboxylic acids is 3. The maximum absolute atomic E-state index is 12.8. The van der Waals surface area contributed by atoms with Crippen LogP contribution in [0.3, 0.4) is 0 Å². The van der Waals surface area contributed by atoms with Crippen molar-refractivity contribution < 1.29 is 23.9 Å². The van der Waals surface area contributed by atoms with Crippen molar-refractivity contribution in [2.45, 2.75) is 59.0 Å². The van der Waals surface area contributed by atoms with Crippen LogP contribution in [0.15, 0.2) is 18.2 Å². The van der Waals surface area contributed by atoms with E-state index in [9.17, 15) is 14.4 Å². The van der Waals surface area contributed by atoms with E-state index in [0.717, 1.165) is 19.3 Å². The Morgan fingerprint density at radius 3 is 2.58 bits per heavy atom. The van der Waals surface area contributed by atoms with Gasteiger partial charge >= 0.3 is 5.97 Å². The van der Waals surface area contributed by atoms with Gasteiger partial charge < -0.3 is 9.47 Å². The molecule has 0 unspecified atom stereocenters. The van der Waals surface area contributed by atoms with Crippen LogP contribution in [0.1, 0.15) is 63.7 Å². The number of hydrogen-bond acceptors (Lipinski definition) is 5. The number of ketones is 1. The van der Waals surface area contributed by atoms with E-state index in [4.69, 9.17) is 9.47 Å². The van der Waals surface area contributed by atoms with Gasteiger partial charge in [-0.25, -0.2) is 0 Å². The van der Waals surface area contributed by atoms with Crippen molar-refractivity contribution in [3.05, 3.63) is 23.8 Å². The summed E-state index contributed by atoms with van der Waals surface area (Å²) in [4.78, 5) is 38.3. The third kappa shape index (κ3) is 4.42. The number of benzene rings is 1. The smallest absolute Gasteiger partial charge is 0.326 e. The number of ether oxygens (including phenoxy) is 2. The molecule has 1 aliphatic heterocycles. The minimum Gasteiger partial charge on any atom is -0.476 e. The fourth-order valence-corrected chi connectivity index (χ4v) is 2.81. The maximum atomic E-state index is 12.8. The fraction of sp³-hybridized carbons (Fsp3) is 0.550. The minimum absolute atomic E-state index is 0.0350. The molecule has 0 radical (unpaired) electrons. The Bertz CT molecular complexity index is 695. The quantitative estimate of drug-likeness (QED) is 0.402. The molecule has 0 atom stereocenters. The van der Waals surface area contributed by atoms with Crippen molar-refractivity contribution in [1.82, 2.24) is 0 Å². The van der Waals surface area contributed by atoms with Crippen LogP contribution < -0.4 is 9.64 Å². The number of Topliss-reactive ketones (excluding diaryl/α,β-unsaturated/α-hetero) is 1. The second-order valence-electron chi connectivity index (χ2n) is 6.89. The summed E-state index contributed by atoms with van der Waals surface area (Å²) in [6, 6.07) is 4.96. The fourth-order valence-electron chi connectivity index (χ4n) is 2.81. The second-order valence-corrected chi connectivity index (χ2v) is 6.89. The van der Waals surface area contributed by atoms with E-state index in [2.05, 4.69) is 6.92 Å². The van der Waals surface area contributed by atoms with Crippen molar-refractivity contribution in [3.63, 3.8) is 0 Å². The summed E-state index contributed by atoms with van der Waals surface area (Å²) in [6.07, 6.45) is 3.19. The topological polar surface area (TPSA) is 72.9 Å². The Kier molecular flexibility index (Phi) is 6.40. The van der Waals surface area contributed by atoms with E-state index in [1.165, 1.54) is 4.90 Å². The Labute approximate surface area is 154 Å². The normalized spacial score (nSPS) is 15.2. The molecule has 0 aromatic heterocycles. The van der Waals surface area contributed by atoms with Crippen molar-refractivity contribution >= 4 is 23.3 Å². The number of fused-ring (bicyclic) bond motifs is 1. The van der Waals surface area contributed by atoms with Crippen molar-refractivity contribution in [2.75, 3.05) is 18.1 Å². The number of esters is 1. The highest BCUT2D eigenvalue weighted by atomic mass is 16.5. The Morgan fingerprint density at radius 2 is 1.92 bits per heavy atom. The number of unbranched alkanes of at least 4 members (excludes halogenated alkanes) is 2. The average Bonchev–Trinajstić information content (AvgIpc) is 2.61. The van der Waals surface area contributed by atoms with E-state index in [1.807, 2.05) is 0 Å². The van der Waals surface area contributed by atoms with Crippen molar-refractivity contribution in [1.29, 1.82) is 0 Å². The molecule has 0 bridgehead atoms. The molecule has 1 heterocycles. The molecule has 0 saturated heterocycles. The zero-order valence-electron chi connectivity index (χ0n) is 16.0. The Morgan fingerprint density at radius 1 is 1.19 bits per heavy atom. The maximum Gasteiger partial charge on any atom is 0.326 e. The summed E-state index contributed by atoms with van der Waals surface area (Å²) >= 11 is 0. The summed E-state index contributed by atoms with van der Waals surface area (Å²) in [5.74, 6) is -0.366. The second kappa shape index (κ2) is 8.34. The molecule has 6 heteroatoms. The highest BCUT2D eigenvalue weighted by molar-refractivity contribution is 6.06. The standard InChI is InChI=1S/C20H27NO5/c1-5-7-8-11-25-18(23)13-21-15-12-14(16(22)6-2)9-10-17(15)26-20(3,4)19(21)24/h9-10,12H,5-8,11,13H2,1-4H3. The molecule has 0 N–H and O–H groups in total. The van der Waals surface area contributed by atoms with Gasteiger partial charge in [0, 0.05) is 12.0 Å². The lowest BCUT2D eigenvalue weighted by Gasteiger charge is -2.38. The highest BCUT2D eigenvalue weighted by Crippen LogP contribution is 2.38. The molecular formula is C20H27NO5. The molecule has 0 fully saturated rings.